The van der Waals surface area contributed by atoms with Gasteiger partial charge in [0.05, 0.1) is 0 Å². The molecule has 22 heavy (non-hydrogen) atoms. The van der Waals surface area contributed by atoms with Gasteiger partial charge in [0, 0.05) is 0 Å². The Morgan fingerprint density at radius 1 is 1.09 bits per heavy atom. The minimum Gasteiger partial charge on any atom is -0.193 e. The molecule has 4 rings (SSSR count). The van der Waals surface area contributed by atoms with E-state index in [1.165, 1.54) is 47.3 Å². The average molecular weight is 342 g/mol. The summed E-state index contributed by atoms with van der Waals surface area (Å²) in [5, 5.41) is 4.26. The van der Waals surface area contributed by atoms with Gasteiger partial charge in [0.25, 0.3) is 0 Å². The van der Waals surface area contributed by atoms with E-state index in [9.17, 15) is 0 Å². The van der Waals surface area contributed by atoms with Crippen molar-refractivity contribution < 1.29 is 21.7 Å². The zero-order valence-corrected chi connectivity index (χ0v) is 15.9. The summed E-state index contributed by atoms with van der Waals surface area (Å²) >= 11 is 0. The first-order chi connectivity index (χ1) is 10.2. The molecule has 0 atom stereocenters. The standard InChI is InChI=1S/C11H12P.C9H11.Ti/c1-12(2)11-7-9-5-3-4-6-10(9)8-11;1-2-5-9-7-3-6-8(9)4-1;/h3-8H,1-2H3;1,4,6H,2-3,5,7H2;/q2*-1;+2. The SMILES string of the molecule is C1=CC2=C(CC1)CC[CH-]2.CP(C)c1cc2ccccc2[cH-]1.[Ti+2]. The summed E-state index contributed by atoms with van der Waals surface area (Å²) in [6, 6.07) is 13.2. The van der Waals surface area contributed by atoms with Gasteiger partial charge in [0.2, 0.25) is 0 Å². The Hall–Kier alpha value is -0.676. The first-order valence-corrected chi connectivity index (χ1v) is 10.0. The van der Waals surface area contributed by atoms with E-state index in [0.29, 0.717) is 0 Å². The van der Waals surface area contributed by atoms with E-state index in [2.05, 4.69) is 68.3 Å². The van der Waals surface area contributed by atoms with Gasteiger partial charge < -0.3 is 0 Å². The third-order valence-electron chi connectivity index (χ3n) is 4.25. The van der Waals surface area contributed by atoms with E-state index in [-0.39, 0.29) is 29.6 Å². The molecule has 2 aliphatic rings. The van der Waals surface area contributed by atoms with Crippen LogP contribution in [0, 0.1) is 6.42 Å². The number of allylic oxidation sites excluding steroid dienone is 4. The molecule has 0 fully saturated rings. The molecule has 0 unspecified atom stereocenters. The van der Waals surface area contributed by atoms with Crippen LogP contribution >= 0.6 is 7.92 Å². The fourth-order valence-electron chi connectivity index (χ4n) is 3.01. The second-order valence-corrected chi connectivity index (χ2v) is 8.28. The van der Waals surface area contributed by atoms with Gasteiger partial charge in [0.1, 0.15) is 0 Å². The molecule has 0 spiro atoms. The average Bonchev–Trinajstić information content (AvgIpc) is 3.14. The molecular formula is C20H23PTi. The van der Waals surface area contributed by atoms with Gasteiger partial charge in [-0.2, -0.15) is 29.7 Å². The summed E-state index contributed by atoms with van der Waals surface area (Å²) in [4.78, 5) is 0. The zero-order valence-electron chi connectivity index (χ0n) is 13.5. The number of benzene rings is 1. The van der Waals surface area contributed by atoms with Gasteiger partial charge in [-0.15, -0.1) is 54.3 Å². The van der Waals surface area contributed by atoms with Crippen molar-refractivity contribution in [2.24, 2.45) is 0 Å². The van der Waals surface area contributed by atoms with Crippen molar-refractivity contribution in [2.45, 2.75) is 25.7 Å². The van der Waals surface area contributed by atoms with E-state index in [1.54, 1.807) is 5.57 Å². The Kier molecular flexibility index (Phi) is 6.63. The Bertz CT molecular complexity index is 643. The maximum atomic E-state index is 2.35. The molecule has 2 aliphatic carbocycles. The van der Waals surface area contributed by atoms with E-state index >= 15 is 0 Å². The van der Waals surface area contributed by atoms with Crippen LogP contribution in [0.25, 0.3) is 10.8 Å². The first-order valence-electron chi connectivity index (χ1n) is 7.78. The van der Waals surface area contributed by atoms with E-state index in [4.69, 9.17) is 0 Å². The molecule has 2 heteroatoms. The molecule has 0 saturated carbocycles. The van der Waals surface area contributed by atoms with Gasteiger partial charge in [0.15, 0.2) is 0 Å². The third-order valence-corrected chi connectivity index (χ3v) is 5.54. The van der Waals surface area contributed by atoms with Crippen LogP contribution in [0.3, 0.4) is 0 Å². The van der Waals surface area contributed by atoms with Crippen molar-refractivity contribution in [3.63, 3.8) is 0 Å². The molecule has 0 saturated heterocycles. The van der Waals surface area contributed by atoms with E-state index in [1.807, 2.05) is 0 Å². The van der Waals surface area contributed by atoms with Crippen molar-refractivity contribution in [3.8, 4) is 0 Å². The molecule has 0 aromatic heterocycles. The Labute approximate surface area is 150 Å². The minimum atomic E-state index is 0. The molecule has 112 valence electrons. The van der Waals surface area contributed by atoms with Gasteiger partial charge in [-0.25, -0.2) is 0 Å². The van der Waals surface area contributed by atoms with Crippen LogP contribution in [0.2, 0.25) is 0 Å². The summed E-state index contributed by atoms with van der Waals surface area (Å²) in [6.45, 7) is 4.59. The maximum absolute atomic E-state index is 2.35. The third kappa shape index (κ3) is 4.20. The molecule has 0 N–H and O–H groups in total. The van der Waals surface area contributed by atoms with Gasteiger partial charge in [-0.05, 0) is 13.3 Å². The largest absolute Gasteiger partial charge is 2.00 e. The molecule has 0 heterocycles. The Morgan fingerprint density at radius 2 is 1.91 bits per heavy atom. The summed E-state index contributed by atoms with van der Waals surface area (Å²) in [5.41, 5.74) is 3.22. The van der Waals surface area contributed by atoms with E-state index in [0.717, 1.165) is 0 Å². The van der Waals surface area contributed by atoms with Crippen LogP contribution in [0.4, 0.5) is 0 Å². The topological polar surface area (TPSA) is 0 Å². The van der Waals surface area contributed by atoms with Crippen LogP contribution in [0.1, 0.15) is 25.7 Å². The molecule has 0 radical (unpaired) electrons. The summed E-state index contributed by atoms with van der Waals surface area (Å²) in [5.74, 6) is 0. The molecule has 2 aromatic rings. The van der Waals surface area contributed by atoms with Crippen LogP contribution in [-0.2, 0) is 21.7 Å². The second kappa shape index (κ2) is 8.25. The fraction of sp³-hybridized carbons (Fsp3) is 0.300. The number of hydrogen-bond acceptors (Lipinski definition) is 0. The molecular weight excluding hydrogens is 319 g/mol. The monoisotopic (exact) mass is 342 g/mol. The molecule has 2 aromatic carbocycles. The maximum Gasteiger partial charge on any atom is 2.00 e. The minimum absolute atomic E-state index is 0. The van der Waals surface area contributed by atoms with Crippen molar-refractivity contribution in [2.75, 3.05) is 13.3 Å². The predicted octanol–water partition coefficient (Wildman–Crippen LogP) is 5.55. The van der Waals surface area contributed by atoms with Gasteiger partial charge in [-0.3, -0.25) is 0 Å². The van der Waals surface area contributed by atoms with Crippen LogP contribution in [0.5, 0.6) is 0 Å². The number of rotatable bonds is 1. The van der Waals surface area contributed by atoms with Gasteiger partial charge >= 0.3 is 21.7 Å². The summed E-state index contributed by atoms with van der Waals surface area (Å²) in [7, 11) is 0.0576. The van der Waals surface area contributed by atoms with Crippen LogP contribution in [0.15, 0.2) is 59.7 Å². The fourth-order valence-corrected chi connectivity index (χ4v) is 3.80. The second-order valence-electron chi connectivity index (χ2n) is 5.98. The quantitative estimate of drug-likeness (QED) is 0.362. The van der Waals surface area contributed by atoms with Crippen molar-refractivity contribution in [1.82, 2.24) is 0 Å². The first kappa shape index (κ1) is 17.7. The zero-order chi connectivity index (χ0) is 14.7. The summed E-state index contributed by atoms with van der Waals surface area (Å²) in [6.07, 6.45) is 12.1. The van der Waals surface area contributed by atoms with Crippen molar-refractivity contribution in [1.29, 1.82) is 0 Å². The van der Waals surface area contributed by atoms with Crippen molar-refractivity contribution >= 4 is 24.0 Å². The Balaban J connectivity index is 0.000000159. The molecule has 0 amide bonds. The molecule has 0 nitrogen and oxygen atoms in total. The van der Waals surface area contributed by atoms with E-state index < -0.39 is 0 Å². The summed E-state index contributed by atoms with van der Waals surface area (Å²) < 4.78 is 0. The van der Waals surface area contributed by atoms with Crippen molar-refractivity contribution in [3.05, 3.63) is 66.1 Å². The number of hydrogen-bond donors (Lipinski definition) is 0. The predicted molar refractivity (Wildman–Crippen MR) is 96.9 cm³/mol. The normalized spacial score (nSPS) is 16.0. The molecule has 0 aliphatic heterocycles. The smallest absolute Gasteiger partial charge is 0.193 e. The Morgan fingerprint density at radius 3 is 2.64 bits per heavy atom. The van der Waals surface area contributed by atoms with Gasteiger partial charge in [-0.1, -0.05) is 31.7 Å². The van der Waals surface area contributed by atoms with Crippen LogP contribution in [-0.4, -0.2) is 13.3 Å². The molecule has 0 bridgehead atoms. The van der Waals surface area contributed by atoms with Crippen LogP contribution < -0.4 is 5.30 Å². The number of fused-ring (bicyclic) bond motifs is 1.